The normalized spacial score (nSPS) is 18.2. The van der Waals surface area contributed by atoms with Crippen LogP contribution in [0.15, 0.2) is 24.3 Å². The Balaban J connectivity index is 1.96. The van der Waals surface area contributed by atoms with Crippen molar-refractivity contribution in [2.45, 2.75) is 18.9 Å². The second kappa shape index (κ2) is 7.36. The molecule has 1 amide bonds. The van der Waals surface area contributed by atoms with E-state index in [0.717, 1.165) is 11.3 Å². The molecular weight excluding hydrogens is 290 g/mol. The van der Waals surface area contributed by atoms with Crippen LogP contribution in [0.4, 0.5) is 0 Å². The third kappa shape index (κ3) is 4.14. The molecule has 5 nitrogen and oxygen atoms in total. The van der Waals surface area contributed by atoms with Crippen LogP contribution in [-0.4, -0.2) is 41.6 Å². The van der Waals surface area contributed by atoms with Crippen molar-refractivity contribution in [3.63, 3.8) is 0 Å². The molecule has 1 aromatic carbocycles. The molecule has 0 spiro atoms. The molecule has 114 valence electrons. The highest BCUT2D eigenvalue weighted by atomic mass is 32.2. The third-order valence-electron chi connectivity index (χ3n) is 3.47. The van der Waals surface area contributed by atoms with Crippen molar-refractivity contribution in [3.8, 4) is 5.75 Å². The molecule has 0 radical (unpaired) electrons. The number of rotatable bonds is 6. The third-order valence-corrected chi connectivity index (χ3v) is 4.12. The fraction of sp³-hybridized carbons (Fsp3) is 0.467. The first-order valence-corrected chi connectivity index (χ1v) is 8.24. The number of carboxylic acid groups (broad SMARTS) is 1. The SMILES string of the molecule is CSCC[C@@H](NC(=O)C1COc2ccccc2C1)C(=O)O. The number of para-hydroxylation sites is 1. The standard InChI is InChI=1S/C15H19NO4S/c1-21-7-6-12(15(18)19)16-14(17)11-8-10-4-2-3-5-13(10)20-9-11/h2-5,11-12H,6-9H2,1H3,(H,16,17)(H,18,19)/t11?,12-/m1/s1. The lowest BCUT2D eigenvalue weighted by molar-refractivity contribution is -0.142. The quantitative estimate of drug-likeness (QED) is 0.834. The van der Waals surface area contributed by atoms with E-state index < -0.39 is 12.0 Å². The number of hydrogen-bond donors (Lipinski definition) is 2. The minimum Gasteiger partial charge on any atom is -0.492 e. The zero-order valence-corrected chi connectivity index (χ0v) is 12.7. The highest BCUT2D eigenvalue weighted by Gasteiger charge is 2.29. The van der Waals surface area contributed by atoms with Gasteiger partial charge in [0, 0.05) is 0 Å². The summed E-state index contributed by atoms with van der Waals surface area (Å²) >= 11 is 1.56. The molecule has 0 saturated carbocycles. The minimum absolute atomic E-state index is 0.252. The molecule has 6 heteroatoms. The van der Waals surface area contributed by atoms with Gasteiger partial charge in [-0.3, -0.25) is 4.79 Å². The molecule has 1 aliphatic heterocycles. The predicted octanol–water partition coefficient (Wildman–Crippen LogP) is 1.56. The van der Waals surface area contributed by atoms with E-state index in [-0.39, 0.29) is 18.4 Å². The van der Waals surface area contributed by atoms with E-state index in [2.05, 4.69) is 5.32 Å². The van der Waals surface area contributed by atoms with Crippen LogP contribution in [0, 0.1) is 5.92 Å². The molecule has 2 rings (SSSR count). The molecule has 21 heavy (non-hydrogen) atoms. The van der Waals surface area contributed by atoms with Crippen LogP contribution < -0.4 is 10.1 Å². The van der Waals surface area contributed by atoms with E-state index in [0.29, 0.717) is 18.6 Å². The van der Waals surface area contributed by atoms with Gasteiger partial charge in [0.25, 0.3) is 0 Å². The summed E-state index contributed by atoms with van der Waals surface area (Å²) in [5, 5.41) is 11.8. The fourth-order valence-corrected chi connectivity index (χ4v) is 2.75. The van der Waals surface area contributed by atoms with E-state index >= 15 is 0 Å². The Morgan fingerprint density at radius 1 is 1.48 bits per heavy atom. The number of hydrogen-bond acceptors (Lipinski definition) is 4. The van der Waals surface area contributed by atoms with Crippen molar-refractivity contribution in [2.24, 2.45) is 5.92 Å². The predicted molar refractivity (Wildman–Crippen MR) is 81.7 cm³/mol. The number of ether oxygens (including phenoxy) is 1. The Morgan fingerprint density at radius 3 is 2.95 bits per heavy atom. The molecule has 0 saturated heterocycles. The van der Waals surface area contributed by atoms with Crippen LogP contribution in [-0.2, 0) is 16.0 Å². The number of fused-ring (bicyclic) bond motifs is 1. The van der Waals surface area contributed by atoms with Gasteiger partial charge in [-0.25, -0.2) is 4.79 Å². The molecule has 0 aliphatic carbocycles. The Bertz CT molecular complexity index is 520. The molecule has 1 aromatic rings. The van der Waals surface area contributed by atoms with Crippen LogP contribution >= 0.6 is 11.8 Å². The molecule has 0 fully saturated rings. The lowest BCUT2D eigenvalue weighted by Gasteiger charge is -2.25. The van der Waals surface area contributed by atoms with Gasteiger partial charge >= 0.3 is 5.97 Å². The Labute approximate surface area is 128 Å². The number of carbonyl (C=O) groups is 2. The van der Waals surface area contributed by atoms with Crippen molar-refractivity contribution in [3.05, 3.63) is 29.8 Å². The van der Waals surface area contributed by atoms with Gasteiger partial charge in [-0.05, 0) is 36.5 Å². The van der Waals surface area contributed by atoms with Crippen molar-refractivity contribution in [1.82, 2.24) is 5.32 Å². The first-order valence-electron chi connectivity index (χ1n) is 6.84. The highest BCUT2D eigenvalue weighted by Crippen LogP contribution is 2.26. The van der Waals surface area contributed by atoms with E-state index in [1.807, 2.05) is 30.5 Å². The van der Waals surface area contributed by atoms with Crippen molar-refractivity contribution in [2.75, 3.05) is 18.6 Å². The second-order valence-corrected chi connectivity index (χ2v) is 5.99. The van der Waals surface area contributed by atoms with Gasteiger partial charge in [-0.1, -0.05) is 18.2 Å². The summed E-state index contributed by atoms with van der Waals surface area (Å²) in [6.07, 6.45) is 2.91. The number of aliphatic carboxylic acids is 1. The molecule has 1 unspecified atom stereocenters. The monoisotopic (exact) mass is 309 g/mol. The average Bonchev–Trinajstić information content (AvgIpc) is 2.50. The topological polar surface area (TPSA) is 75.6 Å². The first kappa shape index (κ1) is 15.7. The summed E-state index contributed by atoms with van der Waals surface area (Å²) in [7, 11) is 0. The maximum absolute atomic E-state index is 12.2. The van der Waals surface area contributed by atoms with Crippen LogP contribution in [0.2, 0.25) is 0 Å². The van der Waals surface area contributed by atoms with Crippen LogP contribution in [0.1, 0.15) is 12.0 Å². The molecular formula is C15H19NO4S. The lowest BCUT2D eigenvalue weighted by atomic mass is 9.95. The minimum atomic E-state index is -0.991. The maximum atomic E-state index is 12.2. The van der Waals surface area contributed by atoms with Crippen molar-refractivity contribution >= 4 is 23.6 Å². The van der Waals surface area contributed by atoms with E-state index in [9.17, 15) is 9.59 Å². The number of carboxylic acids is 1. The average molecular weight is 309 g/mol. The van der Waals surface area contributed by atoms with Gasteiger partial charge in [0.05, 0.1) is 5.92 Å². The maximum Gasteiger partial charge on any atom is 0.326 e. The Morgan fingerprint density at radius 2 is 2.24 bits per heavy atom. The molecule has 1 heterocycles. The van der Waals surface area contributed by atoms with Crippen LogP contribution in [0.5, 0.6) is 5.75 Å². The summed E-state index contributed by atoms with van der Waals surface area (Å²) in [5.74, 6) is -0.0800. The number of nitrogens with one attached hydrogen (secondary N) is 1. The zero-order chi connectivity index (χ0) is 15.2. The van der Waals surface area contributed by atoms with Gasteiger partial charge in [-0.15, -0.1) is 0 Å². The zero-order valence-electron chi connectivity index (χ0n) is 11.9. The van der Waals surface area contributed by atoms with E-state index in [4.69, 9.17) is 9.84 Å². The number of amides is 1. The Hall–Kier alpha value is -1.69. The van der Waals surface area contributed by atoms with Crippen molar-refractivity contribution in [1.29, 1.82) is 0 Å². The molecule has 2 N–H and O–H groups in total. The largest absolute Gasteiger partial charge is 0.492 e. The van der Waals surface area contributed by atoms with Gasteiger partial charge < -0.3 is 15.2 Å². The van der Waals surface area contributed by atoms with Gasteiger partial charge in [0.1, 0.15) is 18.4 Å². The lowest BCUT2D eigenvalue weighted by Crippen LogP contribution is -2.46. The Kier molecular flexibility index (Phi) is 5.50. The number of thioether (sulfide) groups is 1. The first-order chi connectivity index (χ1) is 10.1. The van der Waals surface area contributed by atoms with Crippen molar-refractivity contribution < 1.29 is 19.4 Å². The summed E-state index contributed by atoms with van der Waals surface area (Å²) in [6.45, 7) is 0.289. The fourth-order valence-electron chi connectivity index (χ4n) is 2.28. The van der Waals surface area contributed by atoms with Gasteiger partial charge in [0.15, 0.2) is 0 Å². The van der Waals surface area contributed by atoms with E-state index in [1.165, 1.54) is 0 Å². The summed E-state index contributed by atoms with van der Waals surface area (Å²) in [5.41, 5.74) is 0.986. The molecule has 0 aromatic heterocycles. The summed E-state index contributed by atoms with van der Waals surface area (Å²) < 4.78 is 5.57. The van der Waals surface area contributed by atoms with Crippen LogP contribution in [0.3, 0.4) is 0 Å². The number of carbonyl (C=O) groups excluding carboxylic acids is 1. The summed E-state index contributed by atoms with van der Waals surface area (Å²) in [4.78, 5) is 23.4. The van der Waals surface area contributed by atoms with E-state index in [1.54, 1.807) is 11.8 Å². The molecule has 0 bridgehead atoms. The summed E-state index contributed by atoms with van der Waals surface area (Å²) in [6, 6.07) is 6.77. The van der Waals surface area contributed by atoms with Gasteiger partial charge in [0.2, 0.25) is 5.91 Å². The smallest absolute Gasteiger partial charge is 0.326 e. The number of benzene rings is 1. The molecule has 1 aliphatic rings. The highest BCUT2D eigenvalue weighted by molar-refractivity contribution is 7.98. The molecule has 2 atom stereocenters. The van der Waals surface area contributed by atoms with Crippen LogP contribution in [0.25, 0.3) is 0 Å². The van der Waals surface area contributed by atoms with Gasteiger partial charge in [-0.2, -0.15) is 11.8 Å². The second-order valence-electron chi connectivity index (χ2n) is 5.00.